The van der Waals surface area contributed by atoms with E-state index in [1.54, 1.807) is 0 Å². The summed E-state index contributed by atoms with van der Waals surface area (Å²) in [6, 6.07) is 0. The lowest BCUT2D eigenvalue weighted by atomic mass is 10.0. The number of hydrogen-bond acceptors (Lipinski definition) is 0. The predicted molar refractivity (Wildman–Crippen MR) is 178 cm³/mol. The minimum atomic E-state index is 1.25. The van der Waals surface area contributed by atoms with Gasteiger partial charge in [0.2, 0.25) is 0 Å². The van der Waals surface area contributed by atoms with E-state index < -0.39 is 0 Å². The normalized spacial score (nSPS) is 11.3. The summed E-state index contributed by atoms with van der Waals surface area (Å²) in [6.07, 6.45) is 20.8. The number of hydrogen-bond donors (Lipinski definition) is 0. The minimum absolute atomic E-state index is 1.25. The molecule has 0 amide bonds. The lowest BCUT2D eigenvalue weighted by Crippen LogP contribution is -1.85. The fraction of sp³-hybridized carbons (Fsp3) is 1.00. The zero-order valence-corrected chi connectivity index (χ0v) is 29.9. The molecular weight excluding hydrogens is 408 g/mol. The average Bonchev–Trinajstić information content (AvgIpc) is 3.80. The van der Waals surface area contributed by atoms with E-state index in [-0.39, 0.29) is 0 Å². The van der Waals surface area contributed by atoms with Crippen molar-refractivity contribution in [1.82, 2.24) is 0 Å². The van der Waals surface area contributed by atoms with Gasteiger partial charge in [0.05, 0.1) is 0 Å². The Kier molecular flexibility index (Phi) is 326. The van der Waals surface area contributed by atoms with Crippen molar-refractivity contribution < 1.29 is 0 Å². The van der Waals surface area contributed by atoms with Crippen LogP contribution in [-0.2, 0) is 0 Å². The van der Waals surface area contributed by atoms with Crippen LogP contribution in [0.4, 0.5) is 0 Å². The second-order valence-corrected chi connectivity index (χ2v) is 5.30. The van der Waals surface area contributed by atoms with Crippen LogP contribution in [0.3, 0.4) is 0 Å². The molecule has 0 atom stereocenters. The lowest BCUT2D eigenvalue weighted by molar-refractivity contribution is 0.504. The van der Waals surface area contributed by atoms with E-state index in [2.05, 4.69) is 13.8 Å². The molecule has 0 radical (unpaired) electrons. The predicted octanol–water partition coefficient (Wildman–Crippen LogP) is 15.7. The van der Waals surface area contributed by atoms with Crippen LogP contribution in [0.15, 0.2) is 0 Å². The highest BCUT2D eigenvalue weighted by atomic mass is 14.0. The first-order valence-electron chi connectivity index (χ1n) is 16.9. The quantitative estimate of drug-likeness (QED) is 0.312. The molecule has 0 heterocycles. The van der Waals surface area contributed by atoms with Crippen LogP contribution >= 0.6 is 0 Å². The molecule has 0 aromatic rings. The van der Waals surface area contributed by atoms with Crippen molar-refractivity contribution in [2.75, 3.05) is 0 Å². The average molecular weight is 497 g/mol. The number of rotatable bonds is 0. The molecule has 4 fully saturated rings. The van der Waals surface area contributed by atoms with E-state index in [4.69, 9.17) is 0 Å². The maximum atomic E-state index is 2.12. The third-order valence-corrected chi connectivity index (χ3v) is 2.06. The zero-order valence-electron chi connectivity index (χ0n) is 29.9. The van der Waals surface area contributed by atoms with E-state index in [0.29, 0.717) is 0 Å². The minimum Gasteiger partial charge on any atom is -0.0683 e. The van der Waals surface area contributed by atoms with Gasteiger partial charge in [-0.05, 0) is 0 Å². The topological polar surface area (TPSA) is 0 Å². The van der Waals surface area contributed by atoms with Gasteiger partial charge in [-0.15, -0.1) is 0 Å². The molecule has 0 aromatic heterocycles. The molecule has 4 aliphatic carbocycles. The first-order chi connectivity index (χ1) is 16.9. The van der Waals surface area contributed by atoms with E-state index in [0.717, 1.165) is 0 Å². The fourth-order valence-corrected chi connectivity index (χ4v) is 0.250. The van der Waals surface area contributed by atoms with Crippen molar-refractivity contribution in [3.05, 3.63) is 0 Å². The summed E-state index contributed by atoms with van der Waals surface area (Å²) < 4.78 is 0. The molecule has 0 unspecified atom stereocenters. The summed E-state index contributed by atoms with van der Waals surface area (Å²) in [4.78, 5) is 0. The summed E-state index contributed by atoms with van der Waals surface area (Å²) in [7, 11) is 0. The molecule has 224 valence electrons. The van der Waals surface area contributed by atoms with E-state index in [9.17, 15) is 0 Å². The Bertz CT molecular complexity index is 70.1. The molecule has 0 N–H and O–H groups in total. The van der Waals surface area contributed by atoms with Crippen molar-refractivity contribution in [3.8, 4) is 0 Å². The summed E-state index contributed by atoms with van der Waals surface area (Å²) in [5.74, 6) is 0. The zero-order chi connectivity index (χ0) is 29.9. The Labute approximate surface area is 228 Å². The highest BCUT2D eigenvalue weighted by molar-refractivity contribution is 4.51. The van der Waals surface area contributed by atoms with E-state index in [1.807, 2.05) is 125 Å². The molecule has 0 nitrogen and oxygen atoms in total. The van der Waals surface area contributed by atoms with Crippen LogP contribution in [0.5, 0.6) is 0 Å². The maximum Gasteiger partial charge on any atom is -0.0533 e. The third-order valence-electron chi connectivity index (χ3n) is 2.06. The third kappa shape index (κ3) is 628. The molecule has 0 saturated heterocycles. The molecule has 0 aliphatic heterocycles. The molecule has 4 aliphatic rings. The first-order valence-corrected chi connectivity index (χ1v) is 16.9. The molecule has 0 bridgehead atoms. The van der Waals surface area contributed by atoms with E-state index >= 15 is 0 Å². The van der Waals surface area contributed by atoms with Gasteiger partial charge in [-0.3, -0.25) is 0 Å². The largest absolute Gasteiger partial charge is 0.0683 e. The molecule has 0 spiro atoms. The molecular formula is C34H88. The summed E-state index contributed by atoms with van der Waals surface area (Å²) >= 11 is 0. The highest BCUT2D eigenvalue weighted by Crippen LogP contribution is 2.15. The van der Waals surface area contributed by atoms with Gasteiger partial charge in [0.25, 0.3) is 0 Å². The van der Waals surface area contributed by atoms with Crippen LogP contribution in [0.2, 0.25) is 0 Å². The van der Waals surface area contributed by atoms with Gasteiger partial charge in [0.15, 0.2) is 0 Å². The van der Waals surface area contributed by atoms with Crippen LogP contribution in [0.1, 0.15) is 228 Å². The molecule has 4 saturated carbocycles. The highest BCUT2D eigenvalue weighted by Gasteiger charge is 1.96. The molecule has 0 aromatic carbocycles. The first kappa shape index (κ1) is 64.3. The lowest BCUT2D eigenvalue weighted by Gasteiger charge is -2.05. The van der Waals surface area contributed by atoms with Crippen LogP contribution < -0.4 is 0 Å². The second kappa shape index (κ2) is 172. The van der Waals surface area contributed by atoms with Crippen LogP contribution in [-0.4, -0.2) is 0 Å². The van der Waals surface area contributed by atoms with Gasteiger partial charge in [-0.1, -0.05) is 228 Å². The fourth-order valence-electron chi connectivity index (χ4n) is 0.250. The summed E-state index contributed by atoms with van der Waals surface area (Å²) in [5.41, 5.74) is 0. The van der Waals surface area contributed by atoms with Gasteiger partial charge in [0.1, 0.15) is 0 Å². The Balaban J connectivity index is -0.0000000231. The van der Waals surface area contributed by atoms with Crippen molar-refractivity contribution in [2.24, 2.45) is 0 Å². The van der Waals surface area contributed by atoms with Crippen LogP contribution in [0.25, 0.3) is 0 Å². The Morgan fingerprint density at radius 1 is 0.206 bits per heavy atom. The van der Waals surface area contributed by atoms with Gasteiger partial charge in [-0.25, -0.2) is 0 Å². The molecule has 0 heteroatoms. The molecule has 4 rings (SSSR count). The van der Waals surface area contributed by atoms with Crippen molar-refractivity contribution in [2.45, 2.75) is 228 Å². The Morgan fingerprint density at radius 2 is 0.235 bits per heavy atom. The monoisotopic (exact) mass is 497 g/mol. The van der Waals surface area contributed by atoms with Gasteiger partial charge < -0.3 is 0 Å². The van der Waals surface area contributed by atoms with Crippen molar-refractivity contribution in [1.29, 1.82) is 0 Å². The Hall–Kier alpha value is 0. The van der Waals surface area contributed by atoms with Gasteiger partial charge in [-0.2, -0.15) is 0 Å². The van der Waals surface area contributed by atoms with Crippen LogP contribution in [0, 0.1) is 0 Å². The van der Waals surface area contributed by atoms with Crippen molar-refractivity contribution >= 4 is 0 Å². The van der Waals surface area contributed by atoms with Gasteiger partial charge >= 0.3 is 0 Å². The second-order valence-electron chi connectivity index (χ2n) is 5.30. The Morgan fingerprint density at radius 3 is 0.235 bits per heavy atom. The SMILES string of the molecule is C1CC1.C1CC1.C1CC1.C1CCC1.CC.CC.CC.CC.CC.CC.CC.CC.CC.CCC. The molecule has 34 heavy (non-hydrogen) atoms. The summed E-state index contributed by atoms with van der Waals surface area (Å²) in [6.45, 7) is 40.2. The van der Waals surface area contributed by atoms with E-state index in [1.165, 1.54) is 89.9 Å². The van der Waals surface area contributed by atoms with Crippen molar-refractivity contribution in [3.63, 3.8) is 0 Å². The summed E-state index contributed by atoms with van der Waals surface area (Å²) in [5, 5.41) is 0. The smallest absolute Gasteiger partial charge is 0.0533 e. The van der Waals surface area contributed by atoms with Gasteiger partial charge in [0, 0.05) is 0 Å². The standard InChI is InChI=1S/C4H8.3C3H6.C3H8.9C2H6/c1-2-4-3-1;3*1-2-3-1;1-3-2;9*1-2/h1-4H2;3*1-3H2;3H2,1-2H3;9*1-2H3. The maximum absolute atomic E-state index is 2.12.